The maximum Gasteiger partial charge on any atom is 0.225 e. The molecule has 1 fully saturated rings. The Morgan fingerprint density at radius 2 is 1.75 bits per heavy atom. The smallest absolute Gasteiger partial charge is 0.225 e. The van der Waals surface area contributed by atoms with E-state index >= 15 is 0 Å². The number of aryl methyl sites for hydroxylation is 1. The van der Waals surface area contributed by atoms with Crippen molar-refractivity contribution in [3.05, 3.63) is 39.5 Å². The van der Waals surface area contributed by atoms with Gasteiger partial charge < -0.3 is 20.9 Å². The maximum absolute atomic E-state index is 6.22. The molecule has 2 aromatic rings. The summed E-state index contributed by atoms with van der Waals surface area (Å²) in [5, 5.41) is 12.0. The van der Waals surface area contributed by atoms with E-state index in [1.54, 1.807) is 18.2 Å². The second kappa shape index (κ2) is 10.4. The van der Waals surface area contributed by atoms with Gasteiger partial charge in [0.1, 0.15) is 5.82 Å². The van der Waals surface area contributed by atoms with Gasteiger partial charge in [-0.25, -0.2) is 4.98 Å². The van der Waals surface area contributed by atoms with E-state index in [0.717, 1.165) is 50.3 Å². The summed E-state index contributed by atoms with van der Waals surface area (Å²) < 4.78 is 0. The first-order chi connectivity index (χ1) is 15.4. The summed E-state index contributed by atoms with van der Waals surface area (Å²) in [6.45, 7) is 0. The van der Waals surface area contributed by atoms with E-state index in [1.807, 2.05) is 0 Å². The molecule has 1 aromatic heterocycles. The molecule has 0 unspecified atom stereocenters. The highest BCUT2D eigenvalue weighted by molar-refractivity contribution is 7.80. The highest BCUT2D eigenvalue weighted by Gasteiger charge is 2.24. The first-order valence-corrected chi connectivity index (χ1v) is 12.4. The van der Waals surface area contributed by atoms with Crippen molar-refractivity contribution in [2.75, 3.05) is 29.6 Å². The first kappa shape index (κ1) is 23.3. The van der Waals surface area contributed by atoms with E-state index in [9.17, 15) is 0 Å². The monoisotopic (exact) mass is 492 g/mol. The van der Waals surface area contributed by atoms with Crippen LogP contribution in [0.15, 0.2) is 18.2 Å². The quantitative estimate of drug-likeness (QED) is 0.480. The van der Waals surface area contributed by atoms with Gasteiger partial charge in [-0.1, -0.05) is 23.2 Å². The van der Waals surface area contributed by atoms with E-state index in [2.05, 4.69) is 34.9 Å². The fraction of sp³-hybridized carbons (Fsp3) is 0.522. The lowest BCUT2D eigenvalue weighted by Gasteiger charge is -2.31. The zero-order valence-electron chi connectivity index (χ0n) is 18.5. The predicted molar refractivity (Wildman–Crippen MR) is 138 cm³/mol. The lowest BCUT2D eigenvalue weighted by atomic mass is 9.91. The van der Waals surface area contributed by atoms with E-state index in [0.29, 0.717) is 32.9 Å². The van der Waals surface area contributed by atoms with Gasteiger partial charge in [-0.3, -0.25) is 0 Å². The fourth-order valence-electron chi connectivity index (χ4n) is 4.51. The molecule has 0 aliphatic heterocycles. The molecule has 0 atom stereocenters. The molecular formula is C23H30Cl2N6S. The zero-order chi connectivity index (χ0) is 22.7. The average Bonchev–Trinajstić information content (AvgIpc) is 2.77. The van der Waals surface area contributed by atoms with Crippen LogP contribution >= 0.6 is 35.4 Å². The van der Waals surface area contributed by atoms with Crippen LogP contribution in [0.1, 0.15) is 49.8 Å². The van der Waals surface area contributed by atoms with Crippen LogP contribution in [0, 0.1) is 0 Å². The number of benzene rings is 1. The van der Waals surface area contributed by atoms with Gasteiger partial charge in [-0.05, 0) is 81.8 Å². The first-order valence-electron chi connectivity index (χ1n) is 11.3. The second-order valence-corrected chi connectivity index (χ2v) is 10.1. The molecule has 0 amide bonds. The minimum Gasteiger partial charge on any atom is -0.362 e. The highest BCUT2D eigenvalue weighted by Crippen LogP contribution is 2.30. The number of nitrogens with one attached hydrogen (secondary N) is 3. The largest absolute Gasteiger partial charge is 0.362 e. The summed E-state index contributed by atoms with van der Waals surface area (Å²) in [7, 11) is 4.12. The summed E-state index contributed by atoms with van der Waals surface area (Å²) in [6, 6.07) is 5.99. The third kappa shape index (κ3) is 5.74. The lowest BCUT2D eigenvalue weighted by Crippen LogP contribution is -2.42. The van der Waals surface area contributed by atoms with Crippen LogP contribution in [0.5, 0.6) is 0 Å². The van der Waals surface area contributed by atoms with Crippen LogP contribution in [0.3, 0.4) is 0 Å². The Hall–Kier alpha value is -1.83. The van der Waals surface area contributed by atoms with Crippen molar-refractivity contribution in [3.8, 4) is 0 Å². The molecule has 6 nitrogen and oxygen atoms in total. The number of anilines is 3. The number of fused-ring (bicyclic) bond motifs is 1. The van der Waals surface area contributed by atoms with Crippen LogP contribution in [0.4, 0.5) is 17.5 Å². The molecule has 0 saturated heterocycles. The third-order valence-corrected chi connectivity index (χ3v) is 6.94. The molecule has 4 rings (SSSR count). The minimum absolute atomic E-state index is 0.327. The molecule has 1 saturated carbocycles. The van der Waals surface area contributed by atoms with Crippen LogP contribution in [-0.2, 0) is 12.8 Å². The summed E-state index contributed by atoms with van der Waals surface area (Å²) in [5.74, 6) is 1.82. The van der Waals surface area contributed by atoms with Crippen LogP contribution in [0.2, 0.25) is 10.0 Å². The maximum atomic E-state index is 6.22. The van der Waals surface area contributed by atoms with E-state index < -0.39 is 0 Å². The Balaban J connectivity index is 1.31. The third-order valence-electron chi connectivity index (χ3n) is 6.16. The summed E-state index contributed by atoms with van der Waals surface area (Å²) >= 11 is 17.8. The Morgan fingerprint density at radius 1 is 1.03 bits per heavy atom. The van der Waals surface area contributed by atoms with Gasteiger partial charge in [0.05, 0.1) is 16.4 Å². The Kier molecular flexibility index (Phi) is 7.59. The van der Waals surface area contributed by atoms with E-state index in [4.69, 9.17) is 45.4 Å². The van der Waals surface area contributed by atoms with Crippen LogP contribution in [-0.4, -0.2) is 41.3 Å². The van der Waals surface area contributed by atoms with Crippen molar-refractivity contribution in [1.82, 2.24) is 15.3 Å². The average molecular weight is 494 g/mol. The second-order valence-electron chi connectivity index (χ2n) is 8.81. The highest BCUT2D eigenvalue weighted by atomic mass is 35.5. The molecule has 9 heteroatoms. The van der Waals surface area contributed by atoms with Gasteiger partial charge >= 0.3 is 0 Å². The van der Waals surface area contributed by atoms with Crippen LogP contribution in [0.25, 0.3) is 0 Å². The van der Waals surface area contributed by atoms with Crippen molar-refractivity contribution in [3.63, 3.8) is 0 Å². The van der Waals surface area contributed by atoms with Crippen LogP contribution < -0.4 is 20.9 Å². The van der Waals surface area contributed by atoms with E-state index in [1.165, 1.54) is 24.1 Å². The Morgan fingerprint density at radius 3 is 2.50 bits per heavy atom. The number of halogens is 2. The van der Waals surface area contributed by atoms with Crippen molar-refractivity contribution >= 4 is 58.0 Å². The molecule has 0 spiro atoms. The Labute approximate surface area is 205 Å². The predicted octanol–water partition coefficient (Wildman–Crippen LogP) is 5.44. The summed E-state index contributed by atoms with van der Waals surface area (Å²) in [4.78, 5) is 11.8. The lowest BCUT2D eigenvalue weighted by molar-refractivity contribution is 0.387. The van der Waals surface area contributed by atoms with Crippen molar-refractivity contribution < 1.29 is 0 Å². The normalized spacial score (nSPS) is 20.2. The summed E-state index contributed by atoms with van der Waals surface area (Å²) in [6.07, 6.45) is 8.68. The topological polar surface area (TPSA) is 65.1 Å². The number of rotatable bonds is 5. The van der Waals surface area contributed by atoms with Crippen molar-refractivity contribution in [2.24, 2.45) is 0 Å². The molecule has 3 N–H and O–H groups in total. The zero-order valence-corrected chi connectivity index (χ0v) is 20.9. The standard InChI is InChI=1S/C23H30Cl2N6S/c1-31(2)21-17-5-3-4-6-19(17)28-22(30-21)26-15-8-10-16(11-9-15)27-23(32)29-20-13-14(24)7-12-18(20)25/h7,12-13,15-16H,3-6,8-11H2,1-2H3,(H,26,28,30)(H2,27,29,32). The number of nitrogens with zero attached hydrogens (tertiary/aromatic N) is 3. The molecule has 2 aliphatic rings. The molecular weight excluding hydrogens is 463 g/mol. The molecule has 1 heterocycles. The molecule has 32 heavy (non-hydrogen) atoms. The van der Waals surface area contributed by atoms with Gasteiger partial charge in [-0.2, -0.15) is 4.98 Å². The number of hydrogen-bond acceptors (Lipinski definition) is 5. The fourth-order valence-corrected chi connectivity index (χ4v) is 5.12. The minimum atomic E-state index is 0.327. The molecule has 2 aliphatic carbocycles. The molecule has 1 aromatic carbocycles. The molecule has 0 bridgehead atoms. The molecule has 0 radical (unpaired) electrons. The van der Waals surface area contributed by atoms with Crippen molar-refractivity contribution in [2.45, 2.75) is 63.5 Å². The van der Waals surface area contributed by atoms with Gasteiger partial charge in [0.2, 0.25) is 5.95 Å². The number of aromatic nitrogens is 2. The number of thiocarbonyl (C=S) groups is 1. The van der Waals surface area contributed by atoms with Gasteiger partial charge in [0.25, 0.3) is 0 Å². The van der Waals surface area contributed by atoms with E-state index in [-0.39, 0.29) is 0 Å². The van der Waals surface area contributed by atoms with Gasteiger partial charge in [0, 0.05) is 36.8 Å². The van der Waals surface area contributed by atoms with Gasteiger partial charge in [0.15, 0.2) is 5.11 Å². The summed E-state index contributed by atoms with van der Waals surface area (Å²) in [5.41, 5.74) is 3.25. The SMILES string of the molecule is CN(C)c1nc(NC2CCC(NC(=S)Nc3cc(Cl)ccc3Cl)CC2)nc2c1CCCC2. The number of hydrogen-bond donors (Lipinski definition) is 3. The molecule has 172 valence electrons. The Bertz CT molecular complexity index is 975. The van der Waals surface area contributed by atoms with Crippen molar-refractivity contribution in [1.29, 1.82) is 0 Å². The van der Waals surface area contributed by atoms with Gasteiger partial charge in [-0.15, -0.1) is 0 Å².